The summed E-state index contributed by atoms with van der Waals surface area (Å²) < 4.78 is 43.3. The standard InChI is InChI=1S/C11H14F3N3O/c1-7-6-17(2-3-18-7)10-5-8(11(12,13)14)4-9(15)16-10/h4-5,7H,2-3,6H2,1H3,(H2,15,16). The van der Waals surface area contributed by atoms with Gasteiger partial charge in [0.05, 0.1) is 18.3 Å². The highest BCUT2D eigenvalue weighted by Gasteiger charge is 2.32. The van der Waals surface area contributed by atoms with Gasteiger partial charge in [0.15, 0.2) is 0 Å². The van der Waals surface area contributed by atoms with Crippen LogP contribution in [-0.2, 0) is 10.9 Å². The average Bonchev–Trinajstić information content (AvgIpc) is 2.27. The van der Waals surface area contributed by atoms with Gasteiger partial charge in [0.25, 0.3) is 0 Å². The molecule has 1 unspecified atom stereocenters. The zero-order valence-corrected chi connectivity index (χ0v) is 9.87. The molecule has 0 amide bonds. The molecule has 1 aliphatic heterocycles. The number of anilines is 2. The lowest BCUT2D eigenvalue weighted by molar-refractivity contribution is -0.137. The van der Waals surface area contributed by atoms with Crippen LogP contribution in [0.3, 0.4) is 0 Å². The van der Waals surface area contributed by atoms with Gasteiger partial charge in [0, 0.05) is 13.1 Å². The van der Waals surface area contributed by atoms with E-state index in [0.29, 0.717) is 19.7 Å². The van der Waals surface area contributed by atoms with Crippen LogP contribution in [0.4, 0.5) is 24.8 Å². The van der Waals surface area contributed by atoms with Gasteiger partial charge in [-0.05, 0) is 19.1 Å². The largest absolute Gasteiger partial charge is 0.416 e. The maximum absolute atomic E-state index is 12.7. The summed E-state index contributed by atoms with van der Waals surface area (Å²) in [6.07, 6.45) is -4.44. The lowest BCUT2D eigenvalue weighted by Gasteiger charge is -2.32. The van der Waals surface area contributed by atoms with Crippen LogP contribution in [0.2, 0.25) is 0 Å². The molecule has 1 aromatic rings. The average molecular weight is 261 g/mol. The quantitative estimate of drug-likeness (QED) is 0.839. The number of nitrogens with zero attached hydrogens (tertiary/aromatic N) is 2. The number of nitrogen functional groups attached to an aromatic ring is 1. The lowest BCUT2D eigenvalue weighted by Crippen LogP contribution is -2.41. The van der Waals surface area contributed by atoms with E-state index in [1.807, 2.05) is 6.92 Å². The maximum Gasteiger partial charge on any atom is 0.416 e. The first-order valence-electron chi connectivity index (χ1n) is 5.57. The zero-order valence-electron chi connectivity index (χ0n) is 9.87. The molecule has 4 nitrogen and oxygen atoms in total. The summed E-state index contributed by atoms with van der Waals surface area (Å²) in [4.78, 5) is 5.70. The van der Waals surface area contributed by atoms with Crippen molar-refractivity contribution < 1.29 is 17.9 Å². The number of ether oxygens (including phenoxy) is 1. The van der Waals surface area contributed by atoms with Crippen molar-refractivity contribution in [1.82, 2.24) is 4.98 Å². The monoisotopic (exact) mass is 261 g/mol. The molecular formula is C11H14F3N3O. The molecule has 2 N–H and O–H groups in total. The number of morpholine rings is 1. The first-order chi connectivity index (χ1) is 8.36. The molecule has 0 radical (unpaired) electrons. The van der Waals surface area contributed by atoms with E-state index in [2.05, 4.69) is 4.98 Å². The van der Waals surface area contributed by atoms with Gasteiger partial charge in [-0.15, -0.1) is 0 Å². The highest BCUT2D eigenvalue weighted by atomic mass is 19.4. The number of nitrogens with two attached hydrogens (primary N) is 1. The highest BCUT2D eigenvalue weighted by Crippen LogP contribution is 2.32. The number of hydrogen-bond acceptors (Lipinski definition) is 4. The number of rotatable bonds is 1. The Kier molecular flexibility index (Phi) is 3.34. The van der Waals surface area contributed by atoms with E-state index < -0.39 is 11.7 Å². The van der Waals surface area contributed by atoms with Gasteiger partial charge < -0.3 is 15.4 Å². The third-order valence-corrected chi connectivity index (χ3v) is 2.72. The second-order valence-corrected chi connectivity index (χ2v) is 4.26. The van der Waals surface area contributed by atoms with Crippen molar-refractivity contribution in [2.45, 2.75) is 19.2 Å². The Bertz CT molecular complexity index is 436. The van der Waals surface area contributed by atoms with Crippen LogP contribution >= 0.6 is 0 Å². The smallest absolute Gasteiger partial charge is 0.384 e. The topological polar surface area (TPSA) is 51.4 Å². The predicted molar refractivity (Wildman–Crippen MR) is 61.3 cm³/mol. The van der Waals surface area contributed by atoms with Crippen molar-refractivity contribution in [2.75, 3.05) is 30.3 Å². The number of hydrogen-bond donors (Lipinski definition) is 1. The van der Waals surface area contributed by atoms with Crippen LogP contribution in [0.15, 0.2) is 12.1 Å². The van der Waals surface area contributed by atoms with Crippen LogP contribution in [0.5, 0.6) is 0 Å². The van der Waals surface area contributed by atoms with Crippen molar-refractivity contribution >= 4 is 11.6 Å². The lowest BCUT2D eigenvalue weighted by atomic mass is 10.2. The van der Waals surface area contributed by atoms with Crippen LogP contribution in [0.1, 0.15) is 12.5 Å². The van der Waals surface area contributed by atoms with Crippen molar-refractivity contribution in [2.24, 2.45) is 0 Å². The Hall–Kier alpha value is -1.50. The van der Waals surface area contributed by atoms with E-state index in [0.717, 1.165) is 12.1 Å². The first-order valence-corrected chi connectivity index (χ1v) is 5.57. The highest BCUT2D eigenvalue weighted by molar-refractivity contribution is 5.49. The summed E-state index contributed by atoms with van der Waals surface area (Å²) >= 11 is 0. The van der Waals surface area contributed by atoms with Crippen molar-refractivity contribution in [3.05, 3.63) is 17.7 Å². The third kappa shape index (κ3) is 2.84. The summed E-state index contributed by atoms with van der Waals surface area (Å²) in [6.45, 7) is 3.36. The van der Waals surface area contributed by atoms with E-state index in [9.17, 15) is 13.2 Å². The minimum absolute atomic E-state index is 0.0312. The van der Waals surface area contributed by atoms with E-state index >= 15 is 0 Å². The minimum atomic E-state index is -4.41. The SMILES string of the molecule is CC1CN(c2cc(C(F)(F)F)cc(N)n2)CCO1. The molecule has 100 valence electrons. The maximum atomic E-state index is 12.7. The number of pyridine rings is 1. The molecule has 1 atom stereocenters. The molecule has 0 aliphatic carbocycles. The first kappa shape index (κ1) is 12.9. The number of aromatic nitrogens is 1. The molecule has 0 spiro atoms. The molecule has 1 saturated heterocycles. The third-order valence-electron chi connectivity index (χ3n) is 2.72. The Morgan fingerprint density at radius 3 is 2.78 bits per heavy atom. The molecular weight excluding hydrogens is 247 g/mol. The summed E-state index contributed by atoms with van der Waals surface area (Å²) in [7, 11) is 0. The minimum Gasteiger partial charge on any atom is -0.384 e. The van der Waals surface area contributed by atoms with Gasteiger partial charge in [0.1, 0.15) is 11.6 Å². The predicted octanol–water partition coefficient (Wildman–Crippen LogP) is 1.91. The summed E-state index contributed by atoms with van der Waals surface area (Å²) in [5, 5.41) is 0. The van der Waals surface area contributed by atoms with Crippen molar-refractivity contribution in [3.8, 4) is 0 Å². The molecule has 0 saturated carbocycles. The molecule has 1 aromatic heterocycles. The van der Waals surface area contributed by atoms with E-state index in [4.69, 9.17) is 10.5 Å². The van der Waals surface area contributed by atoms with E-state index in [1.165, 1.54) is 0 Å². The molecule has 1 aliphatic rings. The molecule has 0 aromatic carbocycles. The van der Waals surface area contributed by atoms with Gasteiger partial charge in [-0.2, -0.15) is 13.2 Å². The Morgan fingerprint density at radius 2 is 2.17 bits per heavy atom. The molecule has 0 bridgehead atoms. The second-order valence-electron chi connectivity index (χ2n) is 4.26. The molecule has 2 heterocycles. The summed E-state index contributed by atoms with van der Waals surface area (Å²) in [6, 6.07) is 1.86. The summed E-state index contributed by atoms with van der Waals surface area (Å²) in [5.74, 6) is 0.122. The van der Waals surface area contributed by atoms with Crippen molar-refractivity contribution in [1.29, 1.82) is 0 Å². The van der Waals surface area contributed by atoms with Gasteiger partial charge >= 0.3 is 6.18 Å². The van der Waals surface area contributed by atoms with Gasteiger partial charge in [-0.1, -0.05) is 0 Å². The molecule has 18 heavy (non-hydrogen) atoms. The van der Waals surface area contributed by atoms with E-state index in [1.54, 1.807) is 4.90 Å². The molecule has 2 rings (SSSR count). The molecule has 1 fully saturated rings. The van der Waals surface area contributed by atoms with Crippen LogP contribution in [-0.4, -0.2) is 30.8 Å². The fourth-order valence-electron chi connectivity index (χ4n) is 1.89. The van der Waals surface area contributed by atoms with Gasteiger partial charge in [-0.3, -0.25) is 0 Å². The van der Waals surface area contributed by atoms with Crippen LogP contribution in [0.25, 0.3) is 0 Å². The van der Waals surface area contributed by atoms with Gasteiger partial charge in [0.2, 0.25) is 0 Å². The normalized spacial score (nSPS) is 21.1. The fraction of sp³-hybridized carbons (Fsp3) is 0.545. The Labute approximate surface area is 103 Å². The molecule has 7 heteroatoms. The number of alkyl halides is 3. The zero-order chi connectivity index (χ0) is 13.3. The van der Waals surface area contributed by atoms with Crippen LogP contribution in [0, 0.1) is 0 Å². The van der Waals surface area contributed by atoms with E-state index in [-0.39, 0.29) is 17.7 Å². The Morgan fingerprint density at radius 1 is 1.44 bits per heavy atom. The van der Waals surface area contributed by atoms with Gasteiger partial charge in [-0.25, -0.2) is 4.98 Å². The van der Waals surface area contributed by atoms with Crippen molar-refractivity contribution in [3.63, 3.8) is 0 Å². The second kappa shape index (κ2) is 4.64. The number of halogens is 3. The Balaban J connectivity index is 2.30. The summed E-state index contributed by atoms with van der Waals surface area (Å²) in [5.41, 5.74) is 4.65. The fourth-order valence-corrected chi connectivity index (χ4v) is 1.89. The van der Waals surface area contributed by atoms with Crippen LogP contribution < -0.4 is 10.6 Å².